The van der Waals surface area contributed by atoms with Crippen molar-refractivity contribution in [1.82, 2.24) is 10.0 Å². The SMILES string of the molecule is CCCNCCCS(=O)(=O)NCC1CCC1. The molecule has 0 saturated heterocycles. The number of hydrogen-bond donors (Lipinski definition) is 2. The molecule has 0 aliphatic heterocycles. The maximum Gasteiger partial charge on any atom is 0.211 e. The van der Waals surface area contributed by atoms with Crippen molar-refractivity contribution in [1.29, 1.82) is 0 Å². The van der Waals surface area contributed by atoms with Gasteiger partial charge in [-0.05, 0) is 44.7 Å². The minimum absolute atomic E-state index is 0.246. The molecule has 1 aliphatic carbocycles. The van der Waals surface area contributed by atoms with Crippen molar-refractivity contribution in [2.75, 3.05) is 25.4 Å². The lowest BCUT2D eigenvalue weighted by Gasteiger charge is -2.25. The van der Waals surface area contributed by atoms with Crippen LogP contribution in [0, 0.1) is 5.92 Å². The standard InChI is InChI=1S/C11H24N2O2S/c1-2-7-12-8-4-9-16(14,15)13-10-11-5-3-6-11/h11-13H,2-10H2,1H3. The number of rotatable bonds is 9. The zero-order chi connectivity index (χ0) is 11.9. The van der Waals surface area contributed by atoms with Gasteiger partial charge in [-0.2, -0.15) is 0 Å². The molecule has 96 valence electrons. The van der Waals surface area contributed by atoms with Crippen LogP contribution in [-0.4, -0.2) is 33.8 Å². The van der Waals surface area contributed by atoms with Gasteiger partial charge in [-0.3, -0.25) is 0 Å². The Kier molecular flexibility index (Phi) is 6.31. The Balaban J connectivity index is 2.03. The minimum atomic E-state index is -3.03. The van der Waals surface area contributed by atoms with Gasteiger partial charge in [0.1, 0.15) is 0 Å². The Hall–Kier alpha value is -0.130. The second-order valence-corrected chi connectivity index (χ2v) is 6.49. The van der Waals surface area contributed by atoms with Crippen LogP contribution >= 0.6 is 0 Å². The molecule has 16 heavy (non-hydrogen) atoms. The molecule has 0 spiro atoms. The van der Waals surface area contributed by atoms with Crippen LogP contribution in [0.15, 0.2) is 0 Å². The molecule has 0 aromatic rings. The van der Waals surface area contributed by atoms with Gasteiger partial charge in [-0.15, -0.1) is 0 Å². The van der Waals surface area contributed by atoms with Crippen molar-refractivity contribution >= 4 is 10.0 Å². The fourth-order valence-electron chi connectivity index (χ4n) is 1.70. The van der Waals surface area contributed by atoms with Crippen LogP contribution < -0.4 is 10.0 Å². The predicted octanol–water partition coefficient (Wildman–Crippen LogP) is 1.10. The first-order valence-electron chi connectivity index (χ1n) is 6.32. The van der Waals surface area contributed by atoms with Crippen LogP contribution in [-0.2, 0) is 10.0 Å². The van der Waals surface area contributed by atoms with E-state index in [-0.39, 0.29) is 5.75 Å². The average Bonchev–Trinajstić information content (AvgIpc) is 2.14. The van der Waals surface area contributed by atoms with Crippen molar-refractivity contribution in [3.8, 4) is 0 Å². The second kappa shape index (κ2) is 7.25. The van der Waals surface area contributed by atoms with Gasteiger partial charge in [0.2, 0.25) is 10.0 Å². The van der Waals surface area contributed by atoms with Crippen LogP contribution in [0.1, 0.15) is 39.0 Å². The highest BCUT2D eigenvalue weighted by Crippen LogP contribution is 2.25. The average molecular weight is 248 g/mol. The van der Waals surface area contributed by atoms with Crippen LogP contribution in [0.3, 0.4) is 0 Å². The third-order valence-electron chi connectivity index (χ3n) is 3.01. The first-order chi connectivity index (χ1) is 7.64. The van der Waals surface area contributed by atoms with Crippen LogP contribution in [0.4, 0.5) is 0 Å². The van der Waals surface area contributed by atoms with E-state index in [1.165, 1.54) is 19.3 Å². The summed E-state index contributed by atoms with van der Waals surface area (Å²) in [6, 6.07) is 0. The van der Waals surface area contributed by atoms with Gasteiger partial charge < -0.3 is 5.32 Å². The molecule has 0 heterocycles. The highest BCUT2D eigenvalue weighted by molar-refractivity contribution is 7.89. The first-order valence-corrected chi connectivity index (χ1v) is 7.97. The van der Waals surface area contributed by atoms with Crippen LogP contribution in [0.5, 0.6) is 0 Å². The van der Waals surface area contributed by atoms with Gasteiger partial charge in [0.25, 0.3) is 0 Å². The lowest BCUT2D eigenvalue weighted by Crippen LogP contribution is -2.34. The maximum absolute atomic E-state index is 11.6. The van der Waals surface area contributed by atoms with Gasteiger partial charge in [0.05, 0.1) is 5.75 Å². The van der Waals surface area contributed by atoms with Crippen molar-refractivity contribution in [3.63, 3.8) is 0 Å². The molecular formula is C11H24N2O2S. The number of hydrogen-bond acceptors (Lipinski definition) is 3. The quantitative estimate of drug-likeness (QED) is 0.601. The highest BCUT2D eigenvalue weighted by Gasteiger charge is 2.19. The molecule has 5 heteroatoms. The molecule has 0 aromatic heterocycles. The third-order valence-corrected chi connectivity index (χ3v) is 4.44. The number of nitrogens with one attached hydrogen (secondary N) is 2. The topological polar surface area (TPSA) is 58.2 Å². The van der Waals surface area contributed by atoms with Crippen molar-refractivity contribution in [2.24, 2.45) is 5.92 Å². The Morgan fingerprint density at radius 3 is 2.56 bits per heavy atom. The minimum Gasteiger partial charge on any atom is -0.317 e. The summed E-state index contributed by atoms with van der Waals surface area (Å²) >= 11 is 0. The summed E-state index contributed by atoms with van der Waals surface area (Å²) in [5, 5.41) is 3.20. The molecule has 2 N–H and O–H groups in total. The van der Waals surface area contributed by atoms with Gasteiger partial charge in [0, 0.05) is 6.54 Å². The van der Waals surface area contributed by atoms with Gasteiger partial charge in [-0.25, -0.2) is 13.1 Å². The summed E-state index contributed by atoms with van der Waals surface area (Å²) in [4.78, 5) is 0. The van der Waals surface area contributed by atoms with E-state index in [1.807, 2.05) is 0 Å². The van der Waals surface area contributed by atoms with E-state index in [4.69, 9.17) is 0 Å². The molecule has 1 aliphatic rings. The van der Waals surface area contributed by atoms with E-state index in [9.17, 15) is 8.42 Å². The van der Waals surface area contributed by atoms with Crippen LogP contribution in [0.25, 0.3) is 0 Å². The molecule has 0 aromatic carbocycles. The first kappa shape index (κ1) is 13.9. The lowest BCUT2D eigenvalue weighted by atomic mass is 9.86. The molecule has 4 nitrogen and oxygen atoms in total. The zero-order valence-corrected chi connectivity index (χ0v) is 11.0. The normalized spacial score (nSPS) is 17.3. The Bertz CT molecular complexity index is 274. The van der Waals surface area contributed by atoms with E-state index >= 15 is 0 Å². The maximum atomic E-state index is 11.6. The van der Waals surface area contributed by atoms with Crippen LogP contribution in [0.2, 0.25) is 0 Å². The molecular weight excluding hydrogens is 224 g/mol. The molecule has 1 fully saturated rings. The van der Waals surface area contributed by atoms with Gasteiger partial charge in [-0.1, -0.05) is 13.3 Å². The van der Waals surface area contributed by atoms with Gasteiger partial charge >= 0.3 is 0 Å². The molecule has 0 unspecified atom stereocenters. The van der Waals surface area contributed by atoms with E-state index in [1.54, 1.807) is 0 Å². The molecule has 1 saturated carbocycles. The Morgan fingerprint density at radius 1 is 1.25 bits per heavy atom. The Morgan fingerprint density at radius 2 is 2.00 bits per heavy atom. The second-order valence-electron chi connectivity index (χ2n) is 4.57. The molecule has 1 rings (SSSR count). The molecule has 0 amide bonds. The van der Waals surface area contributed by atoms with Gasteiger partial charge in [0.15, 0.2) is 0 Å². The summed E-state index contributed by atoms with van der Waals surface area (Å²) in [6.07, 6.45) is 5.40. The zero-order valence-electron chi connectivity index (χ0n) is 10.2. The van der Waals surface area contributed by atoms with Crippen molar-refractivity contribution < 1.29 is 8.42 Å². The Labute approximate surface area is 99.2 Å². The summed E-state index contributed by atoms with van der Waals surface area (Å²) < 4.78 is 25.8. The lowest BCUT2D eigenvalue weighted by molar-refractivity contribution is 0.316. The highest BCUT2D eigenvalue weighted by atomic mass is 32.2. The summed E-state index contributed by atoms with van der Waals surface area (Å²) in [7, 11) is -3.03. The predicted molar refractivity (Wildman–Crippen MR) is 66.9 cm³/mol. The van der Waals surface area contributed by atoms with E-state index in [0.29, 0.717) is 18.9 Å². The summed E-state index contributed by atoms with van der Waals surface area (Å²) in [6.45, 7) is 4.50. The van der Waals surface area contributed by atoms with Crippen molar-refractivity contribution in [2.45, 2.75) is 39.0 Å². The van der Waals surface area contributed by atoms with Crippen molar-refractivity contribution in [3.05, 3.63) is 0 Å². The summed E-state index contributed by atoms with van der Waals surface area (Å²) in [5.41, 5.74) is 0. The smallest absolute Gasteiger partial charge is 0.211 e. The monoisotopic (exact) mass is 248 g/mol. The summed E-state index contributed by atoms with van der Waals surface area (Å²) in [5.74, 6) is 0.837. The van der Waals surface area contributed by atoms with E-state index < -0.39 is 10.0 Å². The largest absolute Gasteiger partial charge is 0.317 e. The van der Waals surface area contributed by atoms with E-state index in [2.05, 4.69) is 17.0 Å². The van der Waals surface area contributed by atoms with E-state index in [0.717, 1.165) is 19.5 Å². The molecule has 0 atom stereocenters. The molecule has 0 radical (unpaired) electrons. The fourth-order valence-corrected chi connectivity index (χ4v) is 2.86. The molecule has 0 bridgehead atoms. The number of sulfonamides is 1. The third kappa shape index (κ3) is 5.82. The fraction of sp³-hybridized carbons (Fsp3) is 1.00.